The molecule has 0 atom stereocenters. The zero-order chi connectivity index (χ0) is 14.7. The number of hydrogen-bond acceptors (Lipinski definition) is 2. The van der Waals surface area contributed by atoms with Gasteiger partial charge in [0, 0.05) is 6.42 Å². The van der Waals surface area contributed by atoms with Crippen LogP contribution in [-0.4, -0.2) is 7.11 Å². The second-order valence-electron chi connectivity index (χ2n) is 3.80. The Kier molecular flexibility index (Phi) is 9.33. The maximum absolute atomic E-state index is 5.67. The first-order valence-corrected chi connectivity index (χ1v) is 6.87. The molecule has 0 radical (unpaired) electrons. The van der Waals surface area contributed by atoms with E-state index in [9.17, 15) is 0 Å². The third-order valence-corrected chi connectivity index (χ3v) is 2.33. The summed E-state index contributed by atoms with van der Waals surface area (Å²) >= 11 is 0. The van der Waals surface area contributed by atoms with Crippen molar-refractivity contribution in [1.29, 1.82) is 0 Å². The van der Waals surface area contributed by atoms with Crippen molar-refractivity contribution in [3.63, 3.8) is 0 Å². The van der Waals surface area contributed by atoms with Crippen molar-refractivity contribution in [1.82, 2.24) is 0 Å². The Labute approximate surface area is 117 Å². The lowest BCUT2D eigenvalue weighted by Crippen LogP contribution is -1.96. The van der Waals surface area contributed by atoms with Crippen LogP contribution < -0.4 is 9.47 Å². The van der Waals surface area contributed by atoms with Gasteiger partial charge in [-0.05, 0) is 31.0 Å². The van der Waals surface area contributed by atoms with Crippen molar-refractivity contribution in [2.24, 2.45) is 0 Å². The molecule has 0 N–H and O–H groups in total. The fraction of sp³-hybridized carbons (Fsp3) is 0.412. The zero-order valence-electron chi connectivity index (χ0n) is 12.8. The van der Waals surface area contributed by atoms with Crippen molar-refractivity contribution >= 4 is 6.08 Å². The molecule has 106 valence electrons. The average Bonchev–Trinajstić information content (AvgIpc) is 2.43. The van der Waals surface area contributed by atoms with E-state index >= 15 is 0 Å². The van der Waals surface area contributed by atoms with Crippen LogP contribution in [0.2, 0.25) is 0 Å². The van der Waals surface area contributed by atoms with Gasteiger partial charge in [-0.15, -0.1) is 0 Å². The van der Waals surface area contributed by atoms with Gasteiger partial charge in [0.1, 0.15) is 0 Å². The molecular weight excluding hydrogens is 236 g/mol. The molecule has 2 heteroatoms. The van der Waals surface area contributed by atoms with Gasteiger partial charge in [-0.3, -0.25) is 0 Å². The van der Waals surface area contributed by atoms with Gasteiger partial charge < -0.3 is 9.47 Å². The second-order valence-corrected chi connectivity index (χ2v) is 3.80. The van der Waals surface area contributed by atoms with E-state index in [-0.39, 0.29) is 0 Å². The van der Waals surface area contributed by atoms with E-state index in [0.717, 1.165) is 35.7 Å². The van der Waals surface area contributed by atoms with Gasteiger partial charge in [0.25, 0.3) is 0 Å². The summed E-state index contributed by atoms with van der Waals surface area (Å²) in [6.07, 6.45) is 5.90. The molecule has 1 rings (SSSR count). The van der Waals surface area contributed by atoms with Crippen LogP contribution in [0.5, 0.6) is 11.5 Å². The molecular formula is C17H26O2. The highest BCUT2D eigenvalue weighted by molar-refractivity contribution is 5.55. The van der Waals surface area contributed by atoms with Gasteiger partial charge in [-0.1, -0.05) is 45.6 Å². The summed E-state index contributed by atoms with van der Waals surface area (Å²) in [5.41, 5.74) is 1.10. The first-order valence-electron chi connectivity index (χ1n) is 6.87. The third kappa shape index (κ3) is 6.14. The first-order chi connectivity index (χ1) is 9.21. The van der Waals surface area contributed by atoms with Crippen molar-refractivity contribution < 1.29 is 9.47 Å². The molecule has 0 saturated heterocycles. The number of hydrogen-bond donors (Lipinski definition) is 0. The zero-order valence-corrected chi connectivity index (χ0v) is 12.8. The van der Waals surface area contributed by atoms with E-state index in [1.54, 1.807) is 7.11 Å². The fourth-order valence-corrected chi connectivity index (χ4v) is 1.55. The minimum Gasteiger partial charge on any atom is -0.493 e. The van der Waals surface area contributed by atoms with Crippen molar-refractivity contribution in [2.45, 2.75) is 40.5 Å². The normalized spacial score (nSPS) is 9.74. The van der Waals surface area contributed by atoms with Crippen LogP contribution in [0.1, 0.15) is 46.1 Å². The van der Waals surface area contributed by atoms with Gasteiger partial charge in [0.05, 0.1) is 12.9 Å². The van der Waals surface area contributed by atoms with E-state index in [2.05, 4.69) is 13.5 Å². The lowest BCUT2D eigenvalue weighted by molar-refractivity contribution is 0.352. The van der Waals surface area contributed by atoms with E-state index < -0.39 is 0 Å². The molecule has 0 fully saturated rings. The molecule has 0 saturated carbocycles. The van der Waals surface area contributed by atoms with E-state index in [1.165, 1.54) is 0 Å². The number of rotatable bonds is 6. The molecule has 0 unspecified atom stereocenters. The van der Waals surface area contributed by atoms with Crippen LogP contribution >= 0.6 is 0 Å². The Hall–Kier alpha value is -1.70. The SMILES string of the molecule is C=C(CCC)Oc1ccc(/C=C/C)cc1OC.CC. The van der Waals surface area contributed by atoms with Gasteiger partial charge in [-0.25, -0.2) is 0 Å². The third-order valence-electron chi connectivity index (χ3n) is 2.33. The van der Waals surface area contributed by atoms with Crippen LogP contribution in [-0.2, 0) is 0 Å². The summed E-state index contributed by atoms with van der Waals surface area (Å²) in [6, 6.07) is 5.86. The highest BCUT2D eigenvalue weighted by Gasteiger charge is 2.06. The van der Waals surface area contributed by atoms with E-state index in [4.69, 9.17) is 9.47 Å². The maximum atomic E-state index is 5.67. The van der Waals surface area contributed by atoms with E-state index in [0.29, 0.717) is 0 Å². The summed E-state index contributed by atoms with van der Waals surface area (Å²) in [6.45, 7) is 12.0. The smallest absolute Gasteiger partial charge is 0.168 e. The summed E-state index contributed by atoms with van der Waals surface area (Å²) in [5, 5.41) is 0. The Morgan fingerprint density at radius 3 is 2.47 bits per heavy atom. The summed E-state index contributed by atoms with van der Waals surface area (Å²) in [7, 11) is 1.64. The number of ether oxygens (including phenoxy) is 2. The molecule has 0 aromatic heterocycles. The molecule has 0 heterocycles. The summed E-state index contributed by atoms with van der Waals surface area (Å²) in [4.78, 5) is 0. The Bertz CT molecular complexity index is 406. The Morgan fingerprint density at radius 1 is 1.26 bits per heavy atom. The Balaban J connectivity index is 0.00000154. The Morgan fingerprint density at radius 2 is 1.95 bits per heavy atom. The van der Waals surface area contributed by atoms with Crippen LogP contribution in [0.3, 0.4) is 0 Å². The number of allylic oxidation sites excluding steroid dienone is 2. The molecule has 0 bridgehead atoms. The molecule has 0 amide bonds. The van der Waals surface area contributed by atoms with Gasteiger partial charge in [-0.2, -0.15) is 0 Å². The fourth-order valence-electron chi connectivity index (χ4n) is 1.55. The van der Waals surface area contributed by atoms with Crippen LogP contribution in [0, 0.1) is 0 Å². The van der Waals surface area contributed by atoms with Crippen molar-refractivity contribution in [3.05, 3.63) is 42.2 Å². The van der Waals surface area contributed by atoms with Crippen LogP contribution in [0.4, 0.5) is 0 Å². The summed E-state index contributed by atoms with van der Waals surface area (Å²) in [5.74, 6) is 2.22. The second kappa shape index (κ2) is 10.2. The molecule has 0 aliphatic carbocycles. The quantitative estimate of drug-likeness (QED) is 0.635. The topological polar surface area (TPSA) is 18.5 Å². The highest BCUT2D eigenvalue weighted by atomic mass is 16.5. The standard InChI is InChI=1S/C15H20O2.C2H6/c1-5-7-12(3)17-14-10-9-13(8-6-2)11-15(14)16-4;1-2/h6,8-11H,3,5,7H2,1-2,4H3;1-2H3/b8-6+;. The van der Waals surface area contributed by atoms with Crippen molar-refractivity contribution in [2.75, 3.05) is 7.11 Å². The minimum atomic E-state index is 0.721. The number of methoxy groups -OCH3 is 1. The average molecular weight is 262 g/mol. The lowest BCUT2D eigenvalue weighted by Gasteiger charge is -2.12. The summed E-state index contributed by atoms with van der Waals surface area (Å²) < 4.78 is 11.0. The number of benzene rings is 1. The lowest BCUT2D eigenvalue weighted by atomic mass is 10.2. The minimum absolute atomic E-state index is 0.721. The molecule has 0 spiro atoms. The largest absolute Gasteiger partial charge is 0.493 e. The highest BCUT2D eigenvalue weighted by Crippen LogP contribution is 2.30. The molecule has 19 heavy (non-hydrogen) atoms. The maximum Gasteiger partial charge on any atom is 0.168 e. The first kappa shape index (κ1) is 17.3. The van der Waals surface area contributed by atoms with Gasteiger partial charge in [0.15, 0.2) is 11.5 Å². The van der Waals surface area contributed by atoms with Gasteiger partial charge >= 0.3 is 0 Å². The van der Waals surface area contributed by atoms with E-state index in [1.807, 2.05) is 51.1 Å². The van der Waals surface area contributed by atoms with Gasteiger partial charge in [0.2, 0.25) is 0 Å². The molecule has 2 nitrogen and oxygen atoms in total. The van der Waals surface area contributed by atoms with Crippen LogP contribution in [0.15, 0.2) is 36.6 Å². The molecule has 0 aliphatic heterocycles. The molecule has 1 aromatic carbocycles. The molecule has 0 aliphatic rings. The predicted octanol–water partition coefficient (Wildman–Crippen LogP) is 5.45. The van der Waals surface area contributed by atoms with Crippen molar-refractivity contribution in [3.8, 4) is 11.5 Å². The van der Waals surface area contributed by atoms with Crippen LogP contribution in [0.25, 0.3) is 6.08 Å². The predicted molar refractivity (Wildman–Crippen MR) is 83.7 cm³/mol. The monoisotopic (exact) mass is 262 g/mol. The molecule has 1 aromatic rings.